The fraction of sp³-hybridized carbons (Fsp3) is 0.381. The molecule has 166 valence electrons. The highest BCUT2D eigenvalue weighted by molar-refractivity contribution is 7.89. The molecule has 2 heterocycles. The van der Waals surface area contributed by atoms with Crippen molar-refractivity contribution in [1.82, 2.24) is 24.2 Å². The van der Waals surface area contributed by atoms with Crippen LogP contribution in [0.1, 0.15) is 25.6 Å². The number of unbranched alkanes of at least 4 members (excludes halogenated alkanes) is 1. The zero-order valence-electron chi connectivity index (χ0n) is 18.0. The number of aromatic nitrogens is 4. The van der Waals surface area contributed by atoms with E-state index in [0.29, 0.717) is 18.2 Å². The van der Waals surface area contributed by atoms with E-state index in [2.05, 4.69) is 36.5 Å². The van der Waals surface area contributed by atoms with E-state index in [1.807, 2.05) is 19.2 Å². The first-order valence-electron chi connectivity index (χ1n) is 10.2. The topological polar surface area (TPSA) is 111 Å². The van der Waals surface area contributed by atoms with Gasteiger partial charge in [-0.3, -0.25) is 0 Å². The number of sulfonamides is 1. The normalized spacial score (nSPS) is 11.6. The number of aryl methyl sites for hydroxylation is 1. The lowest BCUT2D eigenvalue weighted by atomic mass is 10.3. The average molecular weight is 445 g/mol. The van der Waals surface area contributed by atoms with Crippen LogP contribution in [0.4, 0.5) is 11.6 Å². The van der Waals surface area contributed by atoms with E-state index >= 15 is 0 Å². The molecule has 9 nitrogen and oxygen atoms in total. The van der Waals surface area contributed by atoms with Gasteiger partial charge in [-0.25, -0.2) is 28.1 Å². The van der Waals surface area contributed by atoms with E-state index in [1.54, 1.807) is 18.3 Å². The van der Waals surface area contributed by atoms with Crippen molar-refractivity contribution in [2.24, 2.45) is 0 Å². The van der Waals surface area contributed by atoms with Gasteiger partial charge in [0.1, 0.15) is 5.82 Å². The van der Waals surface area contributed by atoms with E-state index in [1.165, 1.54) is 19.2 Å². The van der Waals surface area contributed by atoms with Crippen molar-refractivity contribution in [3.05, 3.63) is 48.5 Å². The summed E-state index contributed by atoms with van der Waals surface area (Å²) in [6, 6.07) is 8.27. The molecule has 31 heavy (non-hydrogen) atoms. The van der Waals surface area contributed by atoms with Crippen molar-refractivity contribution in [3.8, 4) is 11.4 Å². The maximum Gasteiger partial charge on any atom is 0.240 e. The van der Waals surface area contributed by atoms with Gasteiger partial charge in [-0.2, -0.15) is 0 Å². The Balaban J connectivity index is 1.75. The van der Waals surface area contributed by atoms with Gasteiger partial charge in [0.2, 0.25) is 16.0 Å². The number of hydrogen-bond donors (Lipinski definition) is 2. The third-order valence-electron chi connectivity index (χ3n) is 4.73. The van der Waals surface area contributed by atoms with Gasteiger partial charge in [-0.05, 0) is 43.7 Å². The van der Waals surface area contributed by atoms with Crippen LogP contribution < -0.4 is 10.0 Å². The van der Waals surface area contributed by atoms with Gasteiger partial charge < -0.3 is 14.6 Å². The van der Waals surface area contributed by atoms with Crippen LogP contribution in [0.3, 0.4) is 0 Å². The molecule has 2 aromatic heterocycles. The number of hydrogen-bond acceptors (Lipinski definition) is 7. The smallest absolute Gasteiger partial charge is 0.240 e. The third-order valence-corrected chi connectivity index (χ3v) is 6.20. The average Bonchev–Trinajstić information content (AvgIpc) is 3.13. The molecule has 0 unspecified atom stereocenters. The Hall–Kier alpha value is -2.82. The summed E-state index contributed by atoms with van der Waals surface area (Å²) in [5.41, 5.74) is 2.40. The molecule has 2 N–H and O–H groups in total. The lowest BCUT2D eigenvalue weighted by Gasteiger charge is -2.11. The van der Waals surface area contributed by atoms with Crippen LogP contribution >= 0.6 is 0 Å². The number of imidazole rings is 1. The zero-order chi connectivity index (χ0) is 22.3. The maximum atomic E-state index is 12.3. The first kappa shape index (κ1) is 22.9. The van der Waals surface area contributed by atoms with Crippen molar-refractivity contribution in [2.75, 3.05) is 25.6 Å². The predicted octanol–water partition coefficient (Wildman–Crippen LogP) is 3.12. The van der Waals surface area contributed by atoms with E-state index in [0.717, 1.165) is 36.6 Å². The predicted molar refractivity (Wildman–Crippen MR) is 120 cm³/mol. The second-order valence-corrected chi connectivity index (χ2v) is 8.77. The Morgan fingerprint density at radius 1 is 1.13 bits per heavy atom. The summed E-state index contributed by atoms with van der Waals surface area (Å²) in [4.78, 5) is 13.5. The largest absolute Gasteiger partial charge is 0.383 e. The lowest BCUT2D eigenvalue weighted by molar-refractivity contribution is 0.204. The minimum absolute atomic E-state index is 0.180. The second-order valence-electron chi connectivity index (χ2n) is 7.00. The molecule has 0 spiro atoms. The standard InChI is InChI=1S/C21H28N6O3S/c1-4-5-13-27-16(2)23-15-20(27)19-10-11-22-21(26-19)25-17-6-8-18(9-7-17)31(28,29)24-12-14-30-3/h6-11,15,24H,4-5,12-14H2,1-3H3,(H,22,25,26). The van der Waals surface area contributed by atoms with Crippen LogP contribution in [-0.4, -0.2) is 48.2 Å². The van der Waals surface area contributed by atoms with E-state index in [9.17, 15) is 8.42 Å². The van der Waals surface area contributed by atoms with Gasteiger partial charge in [-0.1, -0.05) is 13.3 Å². The quantitative estimate of drug-likeness (QED) is 0.437. The number of anilines is 2. The van der Waals surface area contributed by atoms with Gasteiger partial charge in [0, 0.05) is 32.1 Å². The number of benzene rings is 1. The highest BCUT2D eigenvalue weighted by Crippen LogP contribution is 2.22. The fourth-order valence-electron chi connectivity index (χ4n) is 3.04. The minimum atomic E-state index is -3.57. The Morgan fingerprint density at radius 3 is 2.61 bits per heavy atom. The van der Waals surface area contributed by atoms with Crippen molar-refractivity contribution < 1.29 is 13.2 Å². The van der Waals surface area contributed by atoms with Crippen molar-refractivity contribution in [3.63, 3.8) is 0 Å². The minimum Gasteiger partial charge on any atom is -0.383 e. The molecule has 0 saturated heterocycles. The van der Waals surface area contributed by atoms with Gasteiger partial charge in [0.05, 0.1) is 29.1 Å². The Labute approximate surface area is 183 Å². The van der Waals surface area contributed by atoms with Crippen LogP contribution in [0.15, 0.2) is 47.6 Å². The first-order valence-corrected chi connectivity index (χ1v) is 11.6. The Morgan fingerprint density at radius 2 is 1.90 bits per heavy atom. The molecule has 1 aromatic carbocycles. The van der Waals surface area contributed by atoms with Gasteiger partial charge in [0.25, 0.3) is 0 Å². The number of nitrogens with one attached hydrogen (secondary N) is 2. The lowest BCUT2D eigenvalue weighted by Crippen LogP contribution is -2.27. The fourth-order valence-corrected chi connectivity index (χ4v) is 4.05. The van der Waals surface area contributed by atoms with Gasteiger partial charge >= 0.3 is 0 Å². The van der Waals surface area contributed by atoms with Crippen LogP contribution in [-0.2, 0) is 21.3 Å². The molecular formula is C21H28N6O3S. The summed E-state index contributed by atoms with van der Waals surface area (Å²) in [5.74, 6) is 1.37. The van der Waals surface area contributed by atoms with Crippen LogP contribution in [0.25, 0.3) is 11.4 Å². The van der Waals surface area contributed by atoms with E-state index in [4.69, 9.17) is 4.74 Å². The van der Waals surface area contributed by atoms with E-state index in [-0.39, 0.29) is 11.4 Å². The maximum absolute atomic E-state index is 12.3. The molecule has 0 fully saturated rings. The summed E-state index contributed by atoms with van der Waals surface area (Å²) in [5, 5.41) is 3.13. The van der Waals surface area contributed by atoms with Crippen LogP contribution in [0.2, 0.25) is 0 Å². The van der Waals surface area contributed by atoms with Crippen molar-refractivity contribution in [1.29, 1.82) is 0 Å². The Bertz CT molecular complexity index is 1100. The van der Waals surface area contributed by atoms with Gasteiger partial charge in [0.15, 0.2) is 0 Å². The molecule has 0 aliphatic heterocycles. The first-order chi connectivity index (χ1) is 14.9. The van der Waals surface area contributed by atoms with Crippen molar-refractivity contribution >= 4 is 21.7 Å². The summed E-state index contributed by atoms with van der Waals surface area (Å²) in [6.07, 6.45) is 5.68. The molecule has 10 heteroatoms. The number of nitrogens with zero attached hydrogens (tertiary/aromatic N) is 4. The molecule has 0 amide bonds. The molecular weight excluding hydrogens is 416 g/mol. The molecule has 3 aromatic rings. The molecule has 0 aliphatic rings. The monoisotopic (exact) mass is 444 g/mol. The Kier molecular flexibility index (Phi) is 7.72. The van der Waals surface area contributed by atoms with Crippen LogP contribution in [0, 0.1) is 6.92 Å². The molecule has 0 bridgehead atoms. The number of ether oxygens (including phenoxy) is 1. The summed E-state index contributed by atoms with van der Waals surface area (Å²) >= 11 is 0. The molecule has 0 aliphatic carbocycles. The highest BCUT2D eigenvalue weighted by Gasteiger charge is 2.14. The summed E-state index contributed by atoms with van der Waals surface area (Å²) in [6.45, 7) is 5.56. The molecule has 0 saturated carbocycles. The molecule has 0 atom stereocenters. The van der Waals surface area contributed by atoms with Crippen LogP contribution in [0.5, 0.6) is 0 Å². The summed E-state index contributed by atoms with van der Waals surface area (Å²) in [7, 11) is -2.05. The molecule has 3 rings (SSSR count). The second kappa shape index (κ2) is 10.5. The highest BCUT2D eigenvalue weighted by atomic mass is 32.2. The van der Waals surface area contributed by atoms with Crippen molar-refractivity contribution in [2.45, 2.75) is 38.1 Å². The molecule has 0 radical (unpaired) electrons. The summed E-state index contributed by atoms with van der Waals surface area (Å²) < 4.78 is 34.1. The zero-order valence-corrected chi connectivity index (χ0v) is 18.8. The number of methoxy groups -OCH3 is 1. The third kappa shape index (κ3) is 5.87. The van der Waals surface area contributed by atoms with E-state index < -0.39 is 10.0 Å². The SMILES string of the molecule is CCCCn1c(-c2ccnc(Nc3ccc(S(=O)(=O)NCCOC)cc3)n2)cnc1C. The van der Waals surface area contributed by atoms with Gasteiger partial charge in [-0.15, -0.1) is 0 Å². The number of rotatable bonds is 11.